The van der Waals surface area contributed by atoms with Gasteiger partial charge in [0, 0.05) is 6.54 Å². The zero-order valence-corrected chi connectivity index (χ0v) is 10.4. The van der Waals surface area contributed by atoms with Crippen molar-refractivity contribution in [1.29, 1.82) is 0 Å². The summed E-state index contributed by atoms with van der Waals surface area (Å²) in [7, 11) is 0. The quantitative estimate of drug-likeness (QED) is 0.887. The van der Waals surface area contributed by atoms with Gasteiger partial charge in [0.15, 0.2) is 0 Å². The van der Waals surface area contributed by atoms with Crippen LogP contribution in [0.15, 0.2) is 15.2 Å². The maximum absolute atomic E-state index is 11.3. The molecule has 0 aliphatic rings. The topological polar surface area (TPSA) is 49.3 Å². The van der Waals surface area contributed by atoms with Crippen molar-refractivity contribution < 1.29 is 9.90 Å². The largest absolute Gasteiger partial charge is 0.381 e. The minimum Gasteiger partial charge on any atom is -0.381 e. The Morgan fingerprint density at radius 2 is 2.36 bits per heavy atom. The van der Waals surface area contributed by atoms with E-state index in [0.29, 0.717) is 6.54 Å². The van der Waals surface area contributed by atoms with Crippen LogP contribution < -0.4 is 5.32 Å². The third-order valence-corrected chi connectivity index (χ3v) is 3.18. The lowest BCUT2D eigenvalue weighted by Gasteiger charge is -2.15. The van der Waals surface area contributed by atoms with Gasteiger partial charge in [0.25, 0.3) is 5.91 Å². The summed E-state index contributed by atoms with van der Waals surface area (Å²) >= 11 is 4.90. The van der Waals surface area contributed by atoms with Gasteiger partial charge in [0.1, 0.15) is 5.60 Å². The van der Waals surface area contributed by atoms with E-state index in [1.165, 1.54) is 13.8 Å². The fraction of sp³-hybridized carbons (Fsp3) is 0.444. The smallest absolute Gasteiger partial charge is 0.251 e. The Morgan fingerprint density at radius 3 is 2.79 bits per heavy atom. The minimum atomic E-state index is -1.31. The highest BCUT2D eigenvalue weighted by Gasteiger charge is 2.22. The average molecular weight is 278 g/mol. The molecule has 0 fully saturated rings. The summed E-state index contributed by atoms with van der Waals surface area (Å²) in [4.78, 5) is 11.3. The number of rotatable bonds is 3. The Labute approximate surface area is 95.3 Å². The number of hydrogen-bond donors (Lipinski definition) is 2. The number of carbonyl (C=O) groups excluding carboxylic acids is 1. The first-order valence-corrected chi connectivity index (χ1v) is 5.80. The highest BCUT2D eigenvalue weighted by Crippen LogP contribution is 2.20. The van der Waals surface area contributed by atoms with Crippen molar-refractivity contribution in [2.75, 3.05) is 0 Å². The van der Waals surface area contributed by atoms with Gasteiger partial charge in [-0.15, -0.1) is 11.3 Å². The minimum absolute atomic E-state index is 0.361. The van der Waals surface area contributed by atoms with Crippen LogP contribution in [-0.2, 0) is 11.3 Å². The number of carbonyl (C=O) groups is 1. The van der Waals surface area contributed by atoms with Gasteiger partial charge in [0.2, 0.25) is 0 Å². The molecule has 1 aromatic rings. The number of hydrogen-bond acceptors (Lipinski definition) is 3. The summed E-state index contributed by atoms with van der Waals surface area (Å²) in [6, 6.07) is 1.94. The summed E-state index contributed by atoms with van der Waals surface area (Å²) < 4.78 is 1.03. The predicted molar refractivity (Wildman–Crippen MR) is 60.2 cm³/mol. The fourth-order valence-electron chi connectivity index (χ4n) is 0.837. The number of aliphatic hydroxyl groups is 1. The van der Waals surface area contributed by atoms with E-state index in [1.807, 2.05) is 11.4 Å². The maximum atomic E-state index is 11.3. The Bertz CT molecular complexity index is 330. The molecule has 3 nitrogen and oxygen atoms in total. The molecule has 78 valence electrons. The molecule has 14 heavy (non-hydrogen) atoms. The molecule has 0 atom stereocenters. The summed E-state index contributed by atoms with van der Waals surface area (Å²) in [6.45, 7) is 3.38. The van der Waals surface area contributed by atoms with Gasteiger partial charge in [-0.25, -0.2) is 0 Å². The Morgan fingerprint density at radius 1 is 1.71 bits per heavy atom. The molecule has 0 aromatic carbocycles. The van der Waals surface area contributed by atoms with Crippen molar-refractivity contribution in [3.05, 3.63) is 20.8 Å². The van der Waals surface area contributed by atoms with Crippen LogP contribution in [0.3, 0.4) is 0 Å². The van der Waals surface area contributed by atoms with Crippen LogP contribution in [0.25, 0.3) is 0 Å². The van der Waals surface area contributed by atoms with Gasteiger partial charge in [-0.3, -0.25) is 4.79 Å². The Balaban J connectivity index is 2.46. The molecule has 1 rings (SSSR count). The fourth-order valence-corrected chi connectivity index (χ4v) is 2.05. The van der Waals surface area contributed by atoms with E-state index in [-0.39, 0.29) is 5.91 Å². The van der Waals surface area contributed by atoms with Gasteiger partial charge in [-0.2, -0.15) is 0 Å². The molecule has 0 saturated heterocycles. The van der Waals surface area contributed by atoms with Crippen molar-refractivity contribution in [1.82, 2.24) is 5.32 Å². The van der Waals surface area contributed by atoms with Gasteiger partial charge >= 0.3 is 0 Å². The third-order valence-electron chi connectivity index (χ3n) is 1.63. The Hall–Kier alpha value is -0.390. The molecule has 0 aliphatic carbocycles. The van der Waals surface area contributed by atoms with Crippen LogP contribution >= 0.6 is 27.3 Å². The van der Waals surface area contributed by atoms with Crippen LogP contribution in [0.5, 0.6) is 0 Å². The summed E-state index contributed by atoms with van der Waals surface area (Å²) in [5, 5.41) is 14.0. The second-order valence-corrected chi connectivity index (χ2v) is 5.79. The second-order valence-electron chi connectivity index (χ2n) is 3.50. The van der Waals surface area contributed by atoms with Crippen LogP contribution in [0.4, 0.5) is 0 Å². The van der Waals surface area contributed by atoms with Crippen LogP contribution in [0.1, 0.15) is 19.4 Å². The number of thiophene rings is 1. The monoisotopic (exact) mass is 277 g/mol. The molecule has 1 heterocycles. The van der Waals surface area contributed by atoms with E-state index >= 15 is 0 Å². The second kappa shape index (κ2) is 4.42. The molecule has 0 aliphatic heterocycles. The van der Waals surface area contributed by atoms with Crippen LogP contribution in [0.2, 0.25) is 0 Å². The van der Waals surface area contributed by atoms with Crippen molar-refractivity contribution in [2.45, 2.75) is 26.0 Å². The predicted octanol–water partition coefficient (Wildman–Crippen LogP) is 1.90. The molecular formula is C9H12BrNO2S. The van der Waals surface area contributed by atoms with Gasteiger partial charge in [-0.05, 0) is 46.8 Å². The first kappa shape index (κ1) is 11.7. The normalized spacial score (nSPS) is 11.4. The SMILES string of the molecule is CC(C)(O)C(=O)NCc1csc(Br)c1. The van der Waals surface area contributed by atoms with E-state index in [4.69, 9.17) is 0 Å². The number of nitrogens with one attached hydrogen (secondary N) is 1. The zero-order valence-electron chi connectivity index (χ0n) is 8.00. The molecule has 0 bridgehead atoms. The summed E-state index contributed by atoms with van der Waals surface area (Å²) in [6.07, 6.45) is 0. The van der Waals surface area contributed by atoms with Crippen LogP contribution in [0, 0.1) is 0 Å². The standard InChI is InChI=1S/C9H12BrNO2S/c1-9(2,13)8(12)11-4-6-3-7(10)14-5-6/h3,5,13H,4H2,1-2H3,(H,11,12). The van der Waals surface area contributed by atoms with Crippen LogP contribution in [-0.4, -0.2) is 16.6 Å². The van der Waals surface area contributed by atoms with E-state index in [0.717, 1.165) is 9.35 Å². The summed E-state index contributed by atoms with van der Waals surface area (Å²) in [5.74, 6) is -0.361. The Kier molecular flexibility index (Phi) is 3.69. The highest BCUT2D eigenvalue weighted by molar-refractivity contribution is 9.11. The van der Waals surface area contributed by atoms with Gasteiger partial charge in [0.05, 0.1) is 3.79 Å². The van der Waals surface area contributed by atoms with Gasteiger partial charge < -0.3 is 10.4 Å². The van der Waals surface area contributed by atoms with Crippen molar-refractivity contribution in [3.8, 4) is 0 Å². The lowest BCUT2D eigenvalue weighted by molar-refractivity contribution is -0.136. The summed E-state index contributed by atoms with van der Waals surface area (Å²) in [5.41, 5.74) is -0.285. The molecule has 0 radical (unpaired) electrons. The van der Waals surface area contributed by atoms with Crippen molar-refractivity contribution in [2.24, 2.45) is 0 Å². The molecule has 0 unspecified atom stereocenters. The number of halogens is 1. The lowest BCUT2D eigenvalue weighted by Crippen LogP contribution is -2.41. The lowest BCUT2D eigenvalue weighted by atomic mass is 10.1. The average Bonchev–Trinajstić information content (AvgIpc) is 2.45. The van der Waals surface area contributed by atoms with E-state index < -0.39 is 5.60 Å². The van der Waals surface area contributed by atoms with Crippen molar-refractivity contribution in [3.63, 3.8) is 0 Å². The van der Waals surface area contributed by atoms with Gasteiger partial charge in [-0.1, -0.05) is 0 Å². The third kappa shape index (κ3) is 3.40. The molecular weight excluding hydrogens is 266 g/mol. The van der Waals surface area contributed by atoms with Crippen molar-refractivity contribution >= 4 is 33.2 Å². The molecule has 1 aromatic heterocycles. The molecule has 2 N–H and O–H groups in total. The first-order valence-electron chi connectivity index (χ1n) is 4.13. The molecule has 5 heteroatoms. The highest BCUT2D eigenvalue weighted by atomic mass is 79.9. The molecule has 0 saturated carbocycles. The zero-order chi connectivity index (χ0) is 10.8. The molecule has 1 amide bonds. The number of amides is 1. The van der Waals surface area contributed by atoms with E-state index in [9.17, 15) is 9.90 Å². The molecule has 0 spiro atoms. The first-order chi connectivity index (χ1) is 6.39. The van der Waals surface area contributed by atoms with E-state index in [1.54, 1.807) is 11.3 Å². The maximum Gasteiger partial charge on any atom is 0.251 e. The van der Waals surface area contributed by atoms with E-state index in [2.05, 4.69) is 21.2 Å².